The van der Waals surface area contributed by atoms with Gasteiger partial charge < -0.3 is 4.90 Å². The van der Waals surface area contributed by atoms with Crippen LogP contribution in [0.2, 0.25) is 0 Å². The first-order valence-corrected chi connectivity index (χ1v) is 9.42. The summed E-state index contributed by atoms with van der Waals surface area (Å²) in [6.07, 6.45) is 0. The smallest absolute Gasteiger partial charge is 0.253 e. The number of hydrogen-bond acceptors (Lipinski definition) is 6. The number of nitrogens with zero attached hydrogens (tertiary/aromatic N) is 5. The van der Waals surface area contributed by atoms with Crippen molar-refractivity contribution in [1.82, 2.24) is 24.5 Å². The maximum atomic E-state index is 12.3. The molecule has 0 aromatic carbocycles. The Morgan fingerprint density at radius 2 is 2.12 bits per heavy atom. The first-order chi connectivity index (χ1) is 11.5. The molecule has 126 valence electrons. The largest absolute Gasteiger partial charge is 0.340 e. The molecule has 3 aromatic heterocycles. The number of fused-ring (bicyclic) bond motifs is 1. The molecule has 0 atom stereocenters. The van der Waals surface area contributed by atoms with Crippen LogP contribution < -0.4 is 0 Å². The molecular weight excluding hydrogens is 342 g/mol. The van der Waals surface area contributed by atoms with E-state index in [1.807, 2.05) is 45.3 Å². The lowest BCUT2D eigenvalue weighted by Crippen LogP contribution is -2.27. The number of thiophene rings is 1. The number of aromatic nitrogens is 4. The van der Waals surface area contributed by atoms with E-state index in [0.717, 1.165) is 17.0 Å². The zero-order chi connectivity index (χ0) is 17.3. The highest BCUT2D eigenvalue weighted by Gasteiger charge is 2.15. The number of hydrogen-bond donors (Lipinski definition) is 0. The van der Waals surface area contributed by atoms with Gasteiger partial charge in [0.05, 0.1) is 12.3 Å². The molecule has 0 aliphatic rings. The van der Waals surface area contributed by atoms with Crippen molar-refractivity contribution in [1.29, 1.82) is 0 Å². The molecule has 3 rings (SSSR count). The van der Waals surface area contributed by atoms with Crippen molar-refractivity contribution < 1.29 is 4.79 Å². The minimum Gasteiger partial charge on any atom is -0.340 e. The zero-order valence-corrected chi connectivity index (χ0v) is 15.7. The van der Waals surface area contributed by atoms with E-state index in [1.54, 1.807) is 20.8 Å². The normalized spacial score (nSPS) is 11.2. The molecule has 24 heavy (non-hydrogen) atoms. The lowest BCUT2D eigenvalue weighted by atomic mass is 10.2. The number of amides is 1. The van der Waals surface area contributed by atoms with Gasteiger partial charge >= 0.3 is 0 Å². The molecule has 3 heterocycles. The van der Waals surface area contributed by atoms with E-state index >= 15 is 0 Å². The summed E-state index contributed by atoms with van der Waals surface area (Å²) in [6.45, 7) is 6.62. The van der Waals surface area contributed by atoms with E-state index in [9.17, 15) is 4.79 Å². The lowest BCUT2D eigenvalue weighted by Gasteiger charge is -2.15. The number of rotatable bonds is 5. The highest BCUT2D eigenvalue weighted by molar-refractivity contribution is 7.99. The highest BCUT2D eigenvalue weighted by Crippen LogP contribution is 2.18. The van der Waals surface area contributed by atoms with E-state index in [2.05, 4.69) is 15.1 Å². The molecule has 0 bridgehead atoms. The van der Waals surface area contributed by atoms with Gasteiger partial charge in [0.1, 0.15) is 0 Å². The molecule has 0 spiro atoms. The van der Waals surface area contributed by atoms with E-state index in [0.29, 0.717) is 23.2 Å². The fraction of sp³-hybridized carbons (Fsp3) is 0.375. The van der Waals surface area contributed by atoms with Gasteiger partial charge in [0, 0.05) is 23.3 Å². The molecule has 0 radical (unpaired) electrons. The minimum atomic E-state index is 0.0595. The van der Waals surface area contributed by atoms with Crippen LogP contribution in [0.15, 0.2) is 22.7 Å². The standard InChI is InChI=1S/C16H19N5OS2/c1-10-11(2)17-15-18-16(19-21(15)12(10)3)24-9-14(22)20(4)8-13-6-5-7-23-13/h5-7H,8-9H2,1-4H3. The van der Waals surface area contributed by atoms with Crippen LogP contribution in [-0.2, 0) is 11.3 Å². The third kappa shape index (κ3) is 3.44. The molecule has 3 aromatic rings. The van der Waals surface area contributed by atoms with Crippen molar-refractivity contribution in [3.8, 4) is 0 Å². The van der Waals surface area contributed by atoms with E-state index in [-0.39, 0.29) is 5.91 Å². The van der Waals surface area contributed by atoms with Crippen LogP contribution in [0.3, 0.4) is 0 Å². The summed E-state index contributed by atoms with van der Waals surface area (Å²) in [4.78, 5) is 24.0. The molecule has 0 N–H and O–H groups in total. The van der Waals surface area contributed by atoms with Crippen LogP contribution in [-0.4, -0.2) is 43.2 Å². The van der Waals surface area contributed by atoms with Crippen LogP contribution in [0.25, 0.3) is 5.78 Å². The fourth-order valence-electron chi connectivity index (χ4n) is 2.26. The molecule has 8 heteroatoms. The molecule has 0 unspecified atom stereocenters. The maximum absolute atomic E-state index is 12.3. The Morgan fingerprint density at radius 3 is 2.83 bits per heavy atom. The van der Waals surface area contributed by atoms with Crippen LogP contribution in [0.1, 0.15) is 21.8 Å². The predicted octanol–water partition coefficient (Wildman–Crippen LogP) is 2.86. The van der Waals surface area contributed by atoms with Crippen LogP contribution in [0.4, 0.5) is 0 Å². The Balaban J connectivity index is 1.67. The minimum absolute atomic E-state index is 0.0595. The highest BCUT2D eigenvalue weighted by atomic mass is 32.2. The van der Waals surface area contributed by atoms with E-state index in [4.69, 9.17) is 0 Å². The third-order valence-electron chi connectivity index (χ3n) is 3.97. The summed E-state index contributed by atoms with van der Waals surface area (Å²) in [5, 5.41) is 7.05. The number of carbonyl (C=O) groups is 1. The topological polar surface area (TPSA) is 63.4 Å². The van der Waals surface area contributed by atoms with Crippen molar-refractivity contribution in [2.24, 2.45) is 0 Å². The molecule has 0 fully saturated rings. The van der Waals surface area contributed by atoms with Gasteiger partial charge in [0.15, 0.2) is 0 Å². The Bertz CT molecular complexity index is 872. The lowest BCUT2D eigenvalue weighted by molar-refractivity contribution is -0.127. The summed E-state index contributed by atoms with van der Waals surface area (Å²) in [6, 6.07) is 4.03. The van der Waals surface area contributed by atoms with Gasteiger partial charge in [-0.1, -0.05) is 17.8 Å². The van der Waals surface area contributed by atoms with Crippen molar-refractivity contribution in [2.75, 3.05) is 12.8 Å². The van der Waals surface area contributed by atoms with Crippen molar-refractivity contribution >= 4 is 34.8 Å². The quantitative estimate of drug-likeness (QED) is 0.654. The van der Waals surface area contributed by atoms with Crippen molar-refractivity contribution in [2.45, 2.75) is 32.5 Å². The Labute approximate surface area is 148 Å². The molecule has 0 saturated carbocycles. The Kier molecular flexibility index (Phi) is 4.86. The third-order valence-corrected chi connectivity index (χ3v) is 5.65. The molecule has 6 nitrogen and oxygen atoms in total. The van der Waals surface area contributed by atoms with Crippen molar-refractivity contribution in [3.63, 3.8) is 0 Å². The van der Waals surface area contributed by atoms with Gasteiger partial charge in [-0.05, 0) is 37.8 Å². The second-order valence-electron chi connectivity index (χ2n) is 5.63. The van der Waals surface area contributed by atoms with E-state index in [1.165, 1.54) is 16.6 Å². The molecule has 0 saturated heterocycles. The molecule has 1 amide bonds. The fourth-order valence-corrected chi connectivity index (χ4v) is 3.78. The summed E-state index contributed by atoms with van der Waals surface area (Å²) >= 11 is 3.00. The van der Waals surface area contributed by atoms with Gasteiger partial charge in [0.2, 0.25) is 11.1 Å². The first-order valence-electron chi connectivity index (χ1n) is 7.55. The summed E-state index contributed by atoms with van der Waals surface area (Å²) in [5.74, 6) is 0.956. The van der Waals surface area contributed by atoms with Gasteiger partial charge in [-0.15, -0.1) is 16.4 Å². The first kappa shape index (κ1) is 16.9. The monoisotopic (exact) mass is 361 g/mol. The predicted molar refractivity (Wildman–Crippen MR) is 96.5 cm³/mol. The van der Waals surface area contributed by atoms with Gasteiger partial charge in [-0.2, -0.15) is 4.98 Å². The SMILES string of the molecule is Cc1nc2nc(SCC(=O)N(C)Cc3cccs3)nn2c(C)c1C. The number of thioether (sulfide) groups is 1. The average molecular weight is 361 g/mol. The van der Waals surface area contributed by atoms with E-state index < -0.39 is 0 Å². The maximum Gasteiger partial charge on any atom is 0.253 e. The van der Waals surface area contributed by atoms with Crippen LogP contribution >= 0.6 is 23.1 Å². The Hall–Kier alpha value is -1.93. The summed E-state index contributed by atoms with van der Waals surface area (Å²) in [5.41, 5.74) is 3.09. The van der Waals surface area contributed by atoms with Crippen molar-refractivity contribution in [3.05, 3.63) is 39.3 Å². The average Bonchev–Trinajstić information content (AvgIpc) is 3.20. The summed E-state index contributed by atoms with van der Waals surface area (Å²) in [7, 11) is 1.82. The summed E-state index contributed by atoms with van der Waals surface area (Å²) < 4.78 is 1.74. The van der Waals surface area contributed by atoms with Crippen LogP contribution in [0, 0.1) is 20.8 Å². The number of carbonyl (C=O) groups excluding carboxylic acids is 1. The van der Waals surface area contributed by atoms with Gasteiger partial charge in [-0.25, -0.2) is 9.50 Å². The Morgan fingerprint density at radius 1 is 1.33 bits per heavy atom. The van der Waals surface area contributed by atoms with Gasteiger partial charge in [-0.3, -0.25) is 4.79 Å². The second-order valence-corrected chi connectivity index (χ2v) is 7.61. The number of aryl methyl sites for hydroxylation is 2. The van der Waals surface area contributed by atoms with Gasteiger partial charge in [0.25, 0.3) is 5.78 Å². The molecule has 0 aliphatic heterocycles. The molecular formula is C16H19N5OS2. The molecule has 0 aliphatic carbocycles. The van der Waals surface area contributed by atoms with Crippen LogP contribution in [0.5, 0.6) is 0 Å². The zero-order valence-electron chi connectivity index (χ0n) is 14.1. The second kappa shape index (κ2) is 6.90.